The summed E-state index contributed by atoms with van der Waals surface area (Å²) >= 11 is 0. The van der Waals surface area contributed by atoms with Crippen LogP contribution < -0.4 is 0 Å². The maximum absolute atomic E-state index is 8.56. The van der Waals surface area contributed by atoms with Gasteiger partial charge in [0.25, 0.3) is 0 Å². The molecule has 0 aliphatic carbocycles. The summed E-state index contributed by atoms with van der Waals surface area (Å²) in [6.07, 6.45) is -1.83. The largest absolute Gasteiger partial charge is 0.503 e. The first-order valence-corrected chi connectivity index (χ1v) is 0.651. The molecule has 0 saturated carbocycles. The molecule has 0 unspecified atom stereocenters. The number of halogens is 3. The van der Waals surface area contributed by atoms with Gasteiger partial charge in [0.1, 0.15) is 0 Å². The van der Waals surface area contributed by atoms with Crippen molar-refractivity contribution in [3.05, 3.63) is 0 Å². The van der Waals surface area contributed by atoms with E-state index in [0.29, 0.717) is 0 Å². The molecule has 0 aromatic rings. The van der Waals surface area contributed by atoms with Crippen LogP contribution in [0.5, 0.6) is 0 Å². The highest BCUT2D eigenvalue weighted by atomic mass is 35.5. The van der Waals surface area contributed by atoms with Crippen molar-refractivity contribution in [2.75, 3.05) is 0 Å². The molecule has 0 heterocycles. The topological polar surface area (TPSA) is 57.5 Å². The predicted molar refractivity (Wildman–Crippen MR) is 32.4 cm³/mol. The lowest BCUT2D eigenvalue weighted by atomic mass is 11.5. The number of hydrogen-bond donors (Lipinski definition) is 2. The highest BCUT2D eigenvalue weighted by molar-refractivity contribution is 5.86. The fraction of sp³-hybridized carbons (Fsp3) is 0. The summed E-state index contributed by atoms with van der Waals surface area (Å²) in [6.45, 7) is 0. The molecule has 0 atom stereocenters. The summed E-state index contributed by atoms with van der Waals surface area (Å²) in [5, 5.41) is 13.9. The van der Waals surface area contributed by atoms with E-state index in [1.54, 1.807) is 0 Å². The van der Waals surface area contributed by atoms with Crippen LogP contribution >= 0.6 is 37.2 Å². The zero-order valence-electron chi connectivity index (χ0n) is 3.03. The molecule has 0 aliphatic heterocycles. The van der Waals surface area contributed by atoms with E-state index < -0.39 is 6.16 Å². The van der Waals surface area contributed by atoms with Crippen LogP contribution in [0.3, 0.4) is 0 Å². The Balaban J connectivity index is -0.0000000150. The monoisotopic (exact) mass is 170 g/mol. The average molecular weight is 171 g/mol. The molecule has 0 amide bonds. The van der Waals surface area contributed by atoms with Gasteiger partial charge in [-0.3, -0.25) is 0 Å². The zero-order chi connectivity index (χ0) is 3.58. The van der Waals surface area contributed by atoms with Crippen molar-refractivity contribution >= 4 is 43.4 Å². The molecule has 0 rings (SSSR count). The fourth-order valence-electron chi connectivity index (χ4n) is 0. The Labute approximate surface area is 58.9 Å². The number of hydrogen-bond acceptors (Lipinski definition) is 1. The quantitative estimate of drug-likeness (QED) is 0.580. The molecule has 0 saturated heterocycles. The van der Waals surface area contributed by atoms with Crippen molar-refractivity contribution in [1.29, 1.82) is 0 Å². The third kappa shape index (κ3) is 5370. The van der Waals surface area contributed by atoms with Crippen LogP contribution in [0.4, 0.5) is 4.79 Å². The Morgan fingerprint density at radius 3 is 1.00 bits per heavy atom. The summed E-state index contributed by atoms with van der Waals surface area (Å²) in [5.41, 5.74) is 0. The Bertz CT molecular complexity index is 33.2. The number of carboxylic acid groups (broad SMARTS) is 2. The molecular weight excluding hydrogens is 166 g/mol. The van der Waals surface area contributed by atoms with Crippen LogP contribution in [0.2, 0.25) is 0 Å². The van der Waals surface area contributed by atoms with E-state index in [1.165, 1.54) is 0 Å². The second kappa shape index (κ2) is 16.5. The van der Waals surface area contributed by atoms with Crippen LogP contribution in [0.1, 0.15) is 0 Å². The van der Waals surface area contributed by atoms with E-state index in [-0.39, 0.29) is 37.2 Å². The molecule has 0 aliphatic rings. The minimum Gasteiger partial charge on any atom is -0.450 e. The maximum Gasteiger partial charge on any atom is 0.503 e. The SMILES string of the molecule is Cl.Cl.Cl.O=C(O)O. The van der Waals surface area contributed by atoms with Gasteiger partial charge in [0.05, 0.1) is 0 Å². The van der Waals surface area contributed by atoms with Crippen LogP contribution in [-0.4, -0.2) is 16.4 Å². The molecule has 0 spiro atoms. The first-order chi connectivity index (χ1) is 1.73. The molecule has 7 heavy (non-hydrogen) atoms. The van der Waals surface area contributed by atoms with Crippen molar-refractivity contribution in [2.24, 2.45) is 0 Å². The van der Waals surface area contributed by atoms with Crippen molar-refractivity contribution in [1.82, 2.24) is 0 Å². The van der Waals surface area contributed by atoms with Gasteiger partial charge < -0.3 is 10.2 Å². The van der Waals surface area contributed by atoms with Crippen molar-refractivity contribution in [3.8, 4) is 0 Å². The van der Waals surface area contributed by atoms with Crippen LogP contribution in [0.25, 0.3) is 0 Å². The second-order valence-corrected chi connectivity index (χ2v) is 0.283. The van der Waals surface area contributed by atoms with Gasteiger partial charge >= 0.3 is 6.16 Å². The van der Waals surface area contributed by atoms with Crippen molar-refractivity contribution in [2.45, 2.75) is 0 Å². The Hall–Kier alpha value is 0.140. The van der Waals surface area contributed by atoms with Gasteiger partial charge in [0.2, 0.25) is 0 Å². The summed E-state index contributed by atoms with van der Waals surface area (Å²) in [4.78, 5) is 8.56. The lowest BCUT2D eigenvalue weighted by molar-refractivity contribution is 0.137. The summed E-state index contributed by atoms with van der Waals surface area (Å²) in [5.74, 6) is 0. The molecule has 3 nitrogen and oxygen atoms in total. The highest BCUT2D eigenvalue weighted by Gasteiger charge is 1.70. The van der Waals surface area contributed by atoms with E-state index >= 15 is 0 Å². The third-order valence-corrected chi connectivity index (χ3v) is 0. The number of carbonyl (C=O) groups is 1. The van der Waals surface area contributed by atoms with E-state index in [4.69, 9.17) is 15.0 Å². The summed E-state index contributed by atoms with van der Waals surface area (Å²) in [6, 6.07) is 0. The van der Waals surface area contributed by atoms with Gasteiger partial charge in [-0.1, -0.05) is 0 Å². The summed E-state index contributed by atoms with van der Waals surface area (Å²) in [7, 11) is 0. The standard InChI is InChI=1S/CH2O3.3ClH/c2-1(3)4;;;/h(H2,2,3,4);3*1H. The van der Waals surface area contributed by atoms with Crippen LogP contribution in [-0.2, 0) is 0 Å². The Kier molecular flexibility index (Phi) is 64.2. The van der Waals surface area contributed by atoms with Gasteiger partial charge in [-0.2, -0.15) is 0 Å². The van der Waals surface area contributed by atoms with Crippen LogP contribution in [0.15, 0.2) is 0 Å². The lowest BCUT2D eigenvalue weighted by Gasteiger charge is -1.60. The maximum atomic E-state index is 8.56. The third-order valence-electron chi connectivity index (χ3n) is 0. The highest BCUT2D eigenvalue weighted by Crippen LogP contribution is 1.42. The Morgan fingerprint density at radius 2 is 1.00 bits per heavy atom. The smallest absolute Gasteiger partial charge is 0.450 e. The molecule has 0 fully saturated rings. The zero-order valence-corrected chi connectivity index (χ0v) is 5.48. The van der Waals surface area contributed by atoms with Crippen molar-refractivity contribution < 1.29 is 15.0 Å². The molecule has 0 aromatic heterocycles. The molecule has 6 heteroatoms. The van der Waals surface area contributed by atoms with Gasteiger partial charge in [0.15, 0.2) is 0 Å². The first kappa shape index (κ1) is 27.3. The second-order valence-electron chi connectivity index (χ2n) is 0.283. The van der Waals surface area contributed by atoms with Gasteiger partial charge in [0, 0.05) is 0 Å². The Morgan fingerprint density at radius 1 is 1.00 bits per heavy atom. The molecule has 2 N–H and O–H groups in total. The van der Waals surface area contributed by atoms with Crippen LogP contribution in [0, 0.1) is 0 Å². The van der Waals surface area contributed by atoms with E-state index in [0.717, 1.165) is 0 Å². The first-order valence-electron chi connectivity index (χ1n) is 0.651. The average Bonchev–Trinajstić information content (AvgIpc) is 0.811. The van der Waals surface area contributed by atoms with Gasteiger partial charge in [-0.05, 0) is 0 Å². The van der Waals surface area contributed by atoms with E-state index in [1.807, 2.05) is 0 Å². The normalized spacial score (nSPS) is 3.43. The van der Waals surface area contributed by atoms with Crippen molar-refractivity contribution in [3.63, 3.8) is 0 Å². The minimum absolute atomic E-state index is 0. The van der Waals surface area contributed by atoms with E-state index in [9.17, 15) is 0 Å². The molecule has 48 valence electrons. The van der Waals surface area contributed by atoms with E-state index in [2.05, 4.69) is 0 Å². The lowest BCUT2D eigenvalue weighted by Crippen LogP contribution is -1.81. The molecule has 0 radical (unpaired) electrons. The number of rotatable bonds is 0. The summed E-state index contributed by atoms with van der Waals surface area (Å²) < 4.78 is 0. The molecule has 0 bridgehead atoms. The predicted octanol–water partition coefficient (Wildman–Crippen LogP) is 1.49. The minimum atomic E-state index is -1.83. The molecule has 0 aromatic carbocycles. The van der Waals surface area contributed by atoms with Gasteiger partial charge in [-0.25, -0.2) is 4.79 Å². The molecular formula is CH5Cl3O3. The fourth-order valence-corrected chi connectivity index (χ4v) is 0. The van der Waals surface area contributed by atoms with Gasteiger partial charge in [-0.15, -0.1) is 37.2 Å².